The molecule has 0 aliphatic rings. The summed E-state index contributed by atoms with van der Waals surface area (Å²) in [4.78, 5) is 11.9. The van der Waals surface area contributed by atoms with Crippen LogP contribution >= 0.6 is 31.9 Å². The highest BCUT2D eigenvalue weighted by atomic mass is 79.9. The fourth-order valence-electron chi connectivity index (χ4n) is 1.76. The molecule has 1 aromatic rings. The molecule has 6 heteroatoms. The number of rotatable bonds is 7. The average Bonchev–Trinajstić information content (AvgIpc) is 2.44. The molecule has 0 radical (unpaired) electrons. The number of benzene rings is 1. The zero-order valence-corrected chi connectivity index (χ0v) is 14.8. The van der Waals surface area contributed by atoms with Crippen LogP contribution in [0.5, 0.6) is 5.75 Å². The van der Waals surface area contributed by atoms with Crippen LogP contribution in [0.3, 0.4) is 0 Å². The number of hydrogen-bond acceptors (Lipinski definition) is 3. The van der Waals surface area contributed by atoms with Crippen molar-refractivity contribution in [3.63, 3.8) is 0 Å². The lowest BCUT2D eigenvalue weighted by molar-refractivity contribution is -0.125. The van der Waals surface area contributed by atoms with E-state index in [0.29, 0.717) is 18.6 Å². The Labute approximate surface area is 136 Å². The van der Waals surface area contributed by atoms with E-state index in [0.717, 1.165) is 8.95 Å². The Balaban J connectivity index is 2.59. The molecule has 1 aromatic carbocycles. The number of carbonyl (C=O) groups is 1. The molecule has 0 atom stereocenters. The summed E-state index contributed by atoms with van der Waals surface area (Å²) >= 11 is 6.72. The van der Waals surface area contributed by atoms with Gasteiger partial charge in [0.05, 0.1) is 16.6 Å². The fraction of sp³-hybridized carbons (Fsp3) is 0.500. The van der Waals surface area contributed by atoms with Crippen molar-refractivity contribution in [2.45, 2.75) is 32.2 Å². The lowest BCUT2D eigenvalue weighted by atomic mass is 9.94. The number of amides is 1. The third kappa shape index (κ3) is 4.75. The van der Waals surface area contributed by atoms with E-state index in [-0.39, 0.29) is 19.1 Å². The smallest absolute Gasteiger partial charge is 0.258 e. The second-order valence-electron chi connectivity index (χ2n) is 4.56. The van der Waals surface area contributed by atoms with Gasteiger partial charge < -0.3 is 15.2 Å². The Morgan fingerprint density at radius 2 is 2.00 bits per heavy atom. The summed E-state index contributed by atoms with van der Waals surface area (Å²) < 4.78 is 7.18. The van der Waals surface area contributed by atoms with Gasteiger partial charge in [-0.2, -0.15) is 0 Å². The summed E-state index contributed by atoms with van der Waals surface area (Å²) in [7, 11) is 0. The number of nitrogens with one attached hydrogen (secondary N) is 1. The summed E-state index contributed by atoms with van der Waals surface area (Å²) in [6, 6.07) is 5.47. The first kappa shape index (κ1) is 17.5. The van der Waals surface area contributed by atoms with Crippen LogP contribution in [-0.2, 0) is 4.79 Å². The largest absolute Gasteiger partial charge is 0.483 e. The third-order valence-electron chi connectivity index (χ3n) is 3.31. The quantitative estimate of drug-likeness (QED) is 0.727. The van der Waals surface area contributed by atoms with Crippen molar-refractivity contribution in [3.05, 3.63) is 27.1 Å². The van der Waals surface area contributed by atoms with Crippen LogP contribution in [-0.4, -0.2) is 29.8 Å². The standard InChI is InChI=1S/C14H19Br2NO3/c1-3-14(4-2,9-18)17-13(19)8-20-12-6-5-10(15)7-11(12)16/h5-7,18H,3-4,8-9H2,1-2H3,(H,17,19). The summed E-state index contributed by atoms with van der Waals surface area (Å²) in [6.07, 6.45) is 1.35. The summed E-state index contributed by atoms with van der Waals surface area (Å²) in [5.74, 6) is 0.364. The SMILES string of the molecule is CCC(CC)(CO)NC(=O)COc1ccc(Br)cc1Br. The molecule has 0 aliphatic carbocycles. The van der Waals surface area contributed by atoms with E-state index < -0.39 is 5.54 Å². The van der Waals surface area contributed by atoms with Gasteiger partial charge in [0, 0.05) is 4.47 Å². The van der Waals surface area contributed by atoms with Crippen LogP contribution in [0.15, 0.2) is 27.1 Å². The van der Waals surface area contributed by atoms with E-state index in [4.69, 9.17) is 4.74 Å². The maximum atomic E-state index is 11.9. The van der Waals surface area contributed by atoms with Crippen LogP contribution < -0.4 is 10.1 Å². The van der Waals surface area contributed by atoms with Gasteiger partial charge in [-0.05, 0) is 47.0 Å². The minimum Gasteiger partial charge on any atom is -0.483 e. The number of aliphatic hydroxyl groups excluding tert-OH is 1. The molecular formula is C14H19Br2NO3. The number of halogens is 2. The van der Waals surface area contributed by atoms with Crippen LogP contribution in [0.2, 0.25) is 0 Å². The third-order valence-corrected chi connectivity index (χ3v) is 4.43. The molecule has 0 aliphatic heterocycles. The second kappa shape index (κ2) is 8.00. The molecule has 1 amide bonds. The molecule has 0 spiro atoms. The van der Waals surface area contributed by atoms with Gasteiger partial charge in [-0.15, -0.1) is 0 Å². The van der Waals surface area contributed by atoms with Gasteiger partial charge in [0.25, 0.3) is 5.91 Å². The zero-order chi connectivity index (χ0) is 15.2. The van der Waals surface area contributed by atoms with Crippen LogP contribution in [0.4, 0.5) is 0 Å². The molecule has 2 N–H and O–H groups in total. The first-order chi connectivity index (χ1) is 9.46. The Hall–Kier alpha value is -0.590. The Morgan fingerprint density at radius 3 is 2.50 bits per heavy atom. The van der Waals surface area contributed by atoms with Gasteiger partial charge in [0.2, 0.25) is 0 Å². The first-order valence-electron chi connectivity index (χ1n) is 6.46. The van der Waals surface area contributed by atoms with E-state index >= 15 is 0 Å². The van der Waals surface area contributed by atoms with Crippen molar-refractivity contribution in [2.24, 2.45) is 0 Å². The highest BCUT2D eigenvalue weighted by Gasteiger charge is 2.27. The Morgan fingerprint density at radius 1 is 1.35 bits per heavy atom. The summed E-state index contributed by atoms with van der Waals surface area (Å²) in [5, 5.41) is 12.3. The molecule has 0 saturated carbocycles. The Kier molecular flexibility index (Phi) is 6.99. The number of hydrogen-bond donors (Lipinski definition) is 2. The lowest BCUT2D eigenvalue weighted by Gasteiger charge is -2.30. The van der Waals surface area contributed by atoms with Crippen LogP contribution in [0, 0.1) is 0 Å². The predicted octanol–water partition coefficient (Wildman–Crippen LogP) is 3.26. The van der Waals surface area contributed by atoms with Gasteiger partial charge in [-0.1, -0.05) is 29.8 Å². The first-order valence-corrected chi connectivity index (χ1v) is 8.04. The van der Waals surface area contributed by atoms with Crippen LogP contribution in [0.1, 0.15) is 26.7 Å². The molecule has 0 aromatic heterocycles. The molecule has 1 rings (SSSR count). The molecule has 0 bridgehead atoms. The van der Waals surface area contributed by atoms with Crippen molar-refractivity contribution in [3.8, 4) is 5.75 Å². The Bertz CT molecular complexity index is 453. The van der Waals surface area contributed by atoms with E-state index in [1.54, 1.807) is 6.07 Å². The number of ether oxygens (including phenoxy) is 1. The molecule has 0 unspecified atom stereocenters. The fourth-order valence-corrected chi connectivity index (χ4v) is 2.92. The van der Waals surface area contributed by atoms with Crippen LogP contribution in [0.25, 0.3) is 0 Å². The van der Waals surface area contributed by atoms with Crippen molar-refractivity contribution >= 4 is 37.8 Å². The topological polar surface area (TPSA) is 58.6 Å². The van der Waals surface area contributed by atoms with Crippen molar-refractivity contribution in [2.75, 3.05) is 13.2 Å². The molecular weight excluding hydrogens is 390 g/mol. The molecule has 0 saturated heterocycles. The highest BCUT2D eigenvalue weighted by molar-refractivity contribution is 9.11. The van der Waals surface area contributed by atoms with Gasteiger partial charge in [0.1, 0.15) is 5.75 Å². The highest BCUT2D eigenvalue weighted by Crippen LogP contribution is 2.28. The summed E-state index contributed by atoms with van der Waals surface area (Å²) in [6.45, 7) is 3.72. The number of aliphatic hydroxyl groups is 1. The van der Waals surface area contributed by atoms with E-state index in [2.05, 4.69) is 37.2 Å². The van der Waals surface area contributed by atoms with Gasteiger partial charge >= 0.3 is 0 Å². The molecule has 112 valence electrons. The van der Waals surface area contributed by atoms with Crippen molar-refractivity contribution < 1.29 is 14.6 Å². The minimum atomic E-state index is -0.558. The predicted molar refractivity (Wildman–Crippen MR) is 85.9 cm³/mol. The molecule has 0 fully saturated rings. The summed E-state index contributed by atoms with van der Waals surface area (Å²) in [5.41, 5.74) is -0.558. The number of carbonyl (C=O) groups excluding carboxylic acids is 1. The normalized spacial score (nSPS) is 11.2. The molecule has 4 nitrogen and oxygen atoms in total. The van der Waals surface area contributed by atoms with Gasteiger partial charge in [-0.25, -0.2) is 0 Å². The monoisotopic (exact) mass is 407 g/mol. The van der Waals surface area contributed by atoms with E-state index in [1.807, 2.05) is 26.0 Å². The lowest BCUT2D eigenvalue weighted by Crippen LogP contribution is -2.51. The minimum absolute atomic E-state index is 0.0757. The van der Waals surface area contributed by atoms with E-state index in [9.17, 15) is 9.90 Å². The zero-order valence-electron chi connectivity index (χ0n) is 11.6. The van der Waals surface area contributed by atoms with Gasteiger partial charge in [0.15, 0.2) is 6.61 Å². The van der Waals surface area contributed by atoms with Gasteiger partial charge in [-0.3, -0.25) is 4.79 Å². The van der Waals surface area contributed by atoms with E-state index in [1.165, 1.54) is 0 Å². The average molecular weight is 409 g/mol. The maximum absolute atomic E-state index is 11.9. The van der Waals surface area contributed by atoms with Crippen molar-refractivity contribution in [1.29, 1.82) is 0 Å². The molecule has 20 heavy (non-hydrogen) atoms. The van der Waals surface area contributed by atoms with Crippen molar-refractivity contribution in [1.82, 2.24) is 5.32 Å². The second-order valence-corrected chi connectivity index (χ2v) is 6.33. The maximum Gasteiger partial charge on any atom is 0.258 e. The molecule has 0 heterocycles.